The molecule has 0 fully saturated rings. The summed E-state index contributed by atoms with van der Waals surface area (Å²) in [7, 11) is 1.54. The Labute approximate surface area is 173 Å². The topological polar surface area (TPSA) is 103 Å². The molecular weight excluding hydrogens is 386 g/mol. The molecule has 0 aliphatic heterocycles. The number of fused-ring (bicyclic) bond motifs is 1. The highest BCUT2D eigenvalue weighted by molar-refractivity contribution is 6.00. The molecule has 0 bridgehead atoms. The van der Waals surface area contributed by atoms with Gasteiger partial charge in [0.15, 0.2) is 22.9 Å². The number of aromatic nitrogens is 3. The maximum absolute atomic E-state index is 13.5. The van der Waals surface area contributed by atoms with Crippen LogP contribution in [0.2, 0.25) is 0 Å². The van der Waals surface area contributed by atoms with Gasteiger partial charge < -0.3 is 14.4 Å². The second kappa shape index (κ2) is 8.14. The summed E-state index contributed by atoms with van der Waals surface area (Å²) in [6.07, 6.45) is -0.350. The van der Waals surface area contributed by atoms with Gasteiger partial charge in [0.05, 0.1) is 12.6 Å². The molecule has 158 valence electrons. The van der Waals surface area contributed by atoms with Gasteiger partial charge in [-0.25, -0.2) is 9.78 Å². The third kappa shape index (κ3) is 3.72. The Morgan fingerprint density at radius 2 is 1.77 bits per heavy atom. The van der Waals surface area contributed by atoms with Crippen molar-refractivity contribution in [2.45, 2.75) is 46.3 Å². The van der Waals surface area contributed by atoms with Crippen LogP contribution < -0.4 is 10.3 Å². The van der Waals surface area contributed by atoms with Crippen LogP contribution >= 0.6 is 0 Å². The van der Waals surface area contributed by atoms with Crippen LogP contribution in [0.25, 0.3) is 11.0 Å². The molecule has 0 aliphatic rings. The standard InChI is InChI=1S/C22H25N3O5/c1-12(2)19-23-20-16(18(30-13(3)4)17(22(28)29)24(20)5)21(27)25(19)11-15(26)14-9-7-6-8-10-14/h6-10,12-13H,11H2,1-5H3,(H,28,29). The third-order valence-electron chi connectivity index (χ3n) is 4.74. The van der Waals surface area contributed by atoms with E-state index in [1.807, 2.05) is 19.9 Å². The van der Waals surface area contributed by atoms with Crippen LogP contribution in [0.4, 0.5) is 0 Å². The summed E-state index contributed by atoms with van der Waals surface area (Å²) in [5.41, 5.74) is 0.0641. The number of Topliss-reactive ketones (excluding diaryl/α,β-unsaturated/α-hetero) is 1. The number of aryl methyl sites for hydroxylation is 1. The first kappa shape index (κ1) is 21.3. The van der Waals surface area contributed by atoms with Gasteiger partial charge in [-0.2, -0.15) is 0 Å². The first-order chi connectivity index (χ1) is 14.1. The molecule has 30 heavy (non-hydrogen) atoms. The Bertz CT molecular complexity index is 1170. The lowest BCUT2D eigenvalue weighted by molar-refractivity contribution is 0.0680. The molecule has 1 N–H and O–H groups in total. The molecule has 0 saturated heterocycles. The van der Waals surface area contributed by atoms with Crippen LogP contribution in [-0.2, 0) is 13.6 Å². The Hall–Kier alpha value is -3.42. The van der Waals surface area contributed by atoms with Gasteiger partial charge in [-0.15, -0.1) is 0 Å². The quantitative estimate of drug-likeness (QED) is 0.599. The first-order valence-corrected chi connectivity index (χ1v) is 9.74. The van der Waals surface area contributed by atoms with E-state index in [1.54, 1.807) is 38.1 Å². The maximum Gasteiger partial charge on any atom is 0.356 e. The second-order valence-corrected chi connectivity index (χ2v) is 7.71. The van der Waals surface area contributed by atoms with Crippen LogP contribution in [0.1, 0.15) is 60.3 Å². The van der Waals surface area contributed by atoms with Crippen molar-refractivity contribution in [3.05, 3.63) is 57.8 Å². The predicted octanol–water partition coefficient (Wildman–Crippen LogP) is 3.23. The van der Waals surface area contributed by atoms with Gasteiger partial charge in [0, 0.05) is 18.5 Å². The number of nitrogens with zero attached hydrogens (tertiary/aromatic N) is 3. The minimum atomic E-state index is -1.22. The number of aromatic carboxylic acids is 1. The molecule has 8 heteroatoms. The fourth-order valence-electron chi connectivity index (χ4n) is 3.42. The van der Waals surface area contributed by atoms with E-state index in [9.17, 15) is 19.5 Å². The number of carbonyl (C=O) groups excluding carboxylic acids is 1. The van der Waals surface area contributed by atoms with Crippen molar-refractivity contribution in [2.24, 2.45) is 7.05 Å². The van der Waals surface area contributed by atoms with Gasteiger partial charge in [-0.1, -0.05) is 44.2 Å². The van der Waals surface area contributed by atoms with Crippen molar-refractivity contribution in [1.82, 2.24) is 14.1 Å². The summed E-state index contributed by atoms with van der Waals surface area (Å²) in [4.78, 5) is 42.8. The molecule has 2 aromatic heterocycles. The second-order valence-electron chi connectivity index (χ2n) is 7.71. The summed E-state index contributed by atoms with van der Waals surface area (Å²) in [5, 5.41) is 9.77. The predicted molar refractivity (Wildman–Crippen MR) is 113 cm³/mol. The molecule has 8 nitrogen and oxygen atoms in total. The highest BCUT2D eigenvalue weighted by atomic mass is 16.5. The van der Waals surface area contributed by atoms with Crippen molar-refractivity contribution >= 4 is 22.8 Å². The lowest BCUT2D eigenvalue weighted by Gasteiger charge is -2.15. The monoisotopic (exact) mass is 411 g/mol. The van der Waals surface area contributed by atoms with E-state index in [0.29, 0.717) is 11.4 Å². The van der Waals surface area contributed by atoms with Crippen molar-refractivity contribution in [1.29, 1.82) is 0 Å². The molecule has 0 atom stereocenters. The number of ether oxygens (including phenoxy) is 1. The van der Waals surface area contributed by atoms with E-state index in [0.717, 1.165) is 0 Å². The van der Waals surface area contributed by atoms with E-state index in [4.69, 9.17) is 4.74 Å². The molecule has 3 aromatic rings. The summed E-state index contributed by atoms with van der Waals surface area (Å²) in [6.45, 7) is 7.03. The minimum Gasteiger partial charge on any atom is -0.488 e. The number of rotatable bonds is 7. The number of carboxylic acid groups (broad SMARTS) is 1. The molecule has 0 amide bonds. The van der Waals surface area contributed by atoms with E-state index in [1.165, 1.54) is 16.2 Å². The molecule has 3 rings (SSSR count). The fourth-order valence-corrected chi connectivity index (χ4v) is 3.42. The van der Waals surface area contributed by atoms with Crippen molar-refractivity contribution < 1.29 is 19.4 Å². The van der Waals surface area contributed by atoms with Crippen LogP contribution in [0.15, 0.2) is 35.1 Å². The highest BCUT2D eigenvalue weighted by Gasteiger charge is 2.29. The van der Waals surface area contributed by atoms with Crippen LogP contribution in [0, 0.1) is 0 Å². The Morgan fingerprint density at radius 3 is 2.30 bits per heavy atom. The van der Waals surface area contributed by atoms with Gasteiger partial charge in [-0.3, -0.25) is 14.2 Å². The maximum atomic E-state index is 13.5. The SMILES string of the molecule is CC(C)Oc1c(C(=O)O)n(C)c2nc(C(C)C)n(CC(=O)c3ccccc3)c(=O)c12. The van der Waals surface area contributed by atoms with Gasteiger partial charge >= 0.3 is 5.97 Å². The van der Waals surface area contributed by atoms with Crippen molar-refractivity contribution in [3.8, 4) is 5.75 Å². The number of carboxylic acids is 1. The summed E-state index contributed by atoms with van der Waals surface area (Å²) in [6, 6.07) is 8.69. The molecule has 2 heterocycles. The minimum absolute atomic E-state index is 0.0243. The zero-order chi connectivity index (χ0) is 22.2. The van der Waals surface area contributed by atoms with Crippen LogP contribution in [-0.4, -0.2) is 37.1 Å². The molecule has 0 spiro atoms. The van der Waals surface area contributed by atoms with Crippen LogP contribution in [0.5, 0.6) is 5.75 Å². The van der Waals surface area contributed by atoms with E-state index < -0.39 is 11.5 Å². The molecule has 0 aliphatic carbocycles. The molecule has 0 saturated carbocycles. The number of carbonyl (C=O) groups is 2. The molecular formula is C22H25N3O5. The van der Waals surface area contributed by atoms with Gasteiger partial charge in [0.1, 0.15) is 11.2 Å². The Kier molecular flexibility index (Phi) is 5.78. The Morgan fingerprint density at radius 1 is 1.13 bits per heavy atom. The van der Waals surface area contributed by atoms with Crippen molar-refractivity contribution in [3.63, 3.8) is 0 Å². The number of benzene rings is 1. The number of ketones is 1. The molecule has 0 radical (unpaired) electrons. The van der Waals surface area contributed by atoms with E-state index in [2.05, 4.69) is 4.98 Å². The van der Waals surface area contributed by atoms with Crippen LogP contribution in [0.3, 0.4) is 0 Å². The zero-order valence-corrected chi connectivity index (χ0v) is 17.7. The smallest absolute Gasteiger partial charge is 0.356 e. The average molecular weight is 411 g/mol. The zero-order valence-electron chi connectivity index (χ0n) is 17.7. The summed E-state index contributed by atoms with van der Waals surface area (Å²) in [5.74, 6) is -1.23. The van der Waals surface area contributed by atoms with E-state index >= 15 is 0 Å². The van der Waals surface area contributed by atoms with Gasteiger partial charge in [-0.05, 0) is 13.8 Å². The third-order valence-corrected chi connectivity index (χ3v) is 4.74. The number of hydrogen-bond donors (Lipinski definition) is 1. The van der Waals surface area contributed by atoms with Crippen molar-refractivity contribution in [2.75, 3.05) is 0 Å². The van der Waals surface area contributed by atoms with Gasteiger partial charge in [0.2, 0.25) is 0 Å². The molecule has 0 unspecified atom stereocenters. The lowest BCUT2D eigenvalue weighted by Crippen LogP contribution is -2.29. The Balaban J connectivity index is 2.30. The first-order valence-electron chi connectivity index (χ1n) is 9.74. The number of hydrogen-bond acceptors (Lipinski definition) is 5. The largest absolute Gasteiger partial charge is 0.488 e. The lowest BCUT2D eigenvalue weighted by atomic mass is 10.1. The highest BCUT2D eigenvalue weighted by Crippen LogP contribution is 2.31. The van der Waals surface area contributed by atoms with E-state index in [-0.39, 0.29) is 46.8 Å². The average Bonchev–Trinajstić information content (AvgIpc) is 2.95. The fraction of sp³-hybridized carbons (Fsp3) is 0.364. The van der Waals surface area contributed by atoms with Gasteiger partial charge in [0.25, 0.3) is 5.56 Å². The normalized spacial score (nSPS) is 11.4. The summed E-state index contributed by atoms with van der Waals surface area (Å²) >= 11 is 0. The molecule has 1 aromatic carbocycles. The summed E-state index contributed by atoms with van der Waals surface area (Å²) < 4.78 is 8.40.